The molecule has 1 unspecified atom stereocenters. The van der Waals surface area contributed by atoms with Gasteiger partial charge in [0, 0.05) is 35.9 Å². The van der Waals surface area contributed by atoms with E-state index in [1.807, 2.05) is 13.0 Å². The van der Waals surface area contributed by atoms with Gasteiger partial charge in [0.05, 0.1) is 11.9 Å². The van der Waals surface area contributed by atoms with E-state index in [0.717, 1.165) is 12.2 Å². The highest BCUT2D eigenvalue weighted by Gasteiger charge is 2.06. The van der Waals surface area contributed by atoms with E-state index in [-0.39, 0.29) is 5.91 Å². The predicted molar refractivity (Wildman–Crippen MR) is 74.3 cm³/mol. The molecule has 5 nitrogen and oxygen atoms in total. The van der Waals surface area contributed by atoms with Crippen molar-refractivity contribution in [2.24, 2.45) is 0 Å². The number of hydrogen-bond acceptors (Lipinski definition) is 4. The van der Waals surface area contributed by atoms with E-state index in [0.29, 0.717) is 24.4 Å². The van der Waals surface area contributed by atoms with Crippen molar-refractivity contribution in [1.82, 2.24) is 10.3 Å². The molecule has 2 N–H and O–H groups in total. The molecule has 0 saturated carbocycles. The average Bonchev–Trinajstić information content (AvgIpc) is 2.35. The average molecular weight is 269 g/mol. The van der Waals surface area contributed by atoms with E-state index in [2.05, 4.69) is 15.6 Å². The summed E-state index contributed by atoms with van der Waals surface area (Å²) in [6.07, 6.45) is 4.01. The molecule has 0 bridgehead atoms. The van der Waals surface area contributed by atoms with Gasteiger partial charge in [-0.2, -0.15) is 0 Å². The van der Waals surface area contributed by atoms with E-state index >= 15 is 0 Å². The Hall–Kier alpha value is -1.43. The maximum absolute atomic E-state index is 11.7. The van der Waals surface area contributed by atoms with Crippen LogP contribution in [-0.4, -0.2) is 40.2 Å². The molecule has 1 aromatic heterocycles. The number of amides is 1. The van der Waals surface area contributed by atoms with Gasteiger partial charge in [-0.1, -0.05) is 0 Å². The molecule has 0 fully saturated rings. The molecule has 0 aliphatic heterocycles. The zero-order valence-electron chi connectivity index (χ0n) is 10.7. The summed E-state index contributed by atoms with van der Waals surface area (Å²) < 4.78 is 10.8. The lowest BCUT2D eigenvalue weighted by atomic mass is 10.3. The third kappa shape index (κ3) is 5.27. The smallest absolute Gasteiger partial charge is 0.269 e. The van der Waals surface area contributed by atoms with Crippen LogP contribution in [0.25, 0.3) is 0 Å². The van der Waals surface area contributed by atoms with Crippen molar-refractivity contribution in [3.63, 3.8) is 0 Å². The molecule has 0 aliphatic carbocycles. The SMILES string of the molecule is CCNc1ccc(C(=O)NCCCS(C)=O)nc1. The largest absolute Gasteiger partial charge is 0.384 e. The van der Waals surface area contributed by atoms with Crippen LogP contribution < -0.4 is 10.6 Å². The Labute approximate surface area is 110 Å². The maximum Gasteiger partial charge on any atom is 0.269 e. The highest BCUT2D eigenvalue weighted by molar-refractivity contribution is 7.84. The number of anilines is 1. The molecule has 0 spiro atoms. The number of nitrogens with zero attached hydrogens (tertiary/aromatic N) is 1. The molecular weight excluding hydrogens is 250 g/mol. The minimum Gasteiger partial charge on any atom is -0.384 e. The lowest BCUT2D eigenvalue weighted by Crippen LogP contribution is -2.26. The molecule has 0 saturated heterocycles. The Bertz CT molecular complexity index is 406. The summed E-state index contributed by atoms with van der Waals surface area (Å²) >= 11 is 0. The van der Waals surface area contributed by atoms with Crippen LogP contribution in [0.5, 0.6) is 0 Å². The summed E-state index contributed by atoms with van der Waals surface area (Å²) in [6, 6.07) is 3.51. The summed E-state index contributed by atoms with van der Waals surface area (Å²) in [7, 11) is -0.805. The van der Waals surface area contributed by atoms with Gasteiger partial charge < -0.3 is 10.6 Å². The first kappa shape index (κ1) is 14.6. The van der Waals surface area contributed by atoms with Crippen LogP contribution in [0, 0.1) is 0 Å². The minimum absolute atomic E-state index is 0.195. The third-order valence-electron chi connectivity index (χ3n) is 2.27. The van der Waals surface area contributed by atoms with Crippen LogP contribution in [-0.2, 0) is 10.8 Å². The standard InChI is InChI=1S/C12H19N3O2S/c1-3-13-10-5-6-11(15-9-10)12(16)14-7-4-8-18(2)17/h5-6,9,13H,3-4,7-8H2,1-2H3,(H,14,16). The van der Waals surface area contributed by atoms with Crippen LogP contribution in [0.4, 0.5) is 5.69 Å². The van der Waals surface area contributed by atoms with Gasteiger partial charge in [-0.25, -0.2) is 4.98 Å². The van der Waals surface area contributed by atoms with Crippen molar-refractivity contribution in [3.05, 3.63) is 24.0 Å². The molecular formula is C12H19N3O2S. The molecule has 0 aromatic carbocycles. The Morgan fingerprint density at radius 1 is 1.44 bits per heavy atom. The highest BCUT2D eigenvalue weighted by atomic mass is 32.2. The predicted octanol–water partition coefficient (Wildman–Crippen LogP) is 1.01. The number of rotatable bonds is 7. The molecule has 100 valence electrons. The van der Waals surface area contributed by atoms with Crippen molar-refractivity contribution < 1.29 is 9.00 Å². The maximum atomic E-state index is 11.7. The van der Waals surface area contributed by atoms with Gasteiger partial charge in [0.1, 0.15) is 5.69 Å². The number of hydrogen-bond donors (Lipinski definition) is 2. The first-order chi connectivity index (χ1) is 8.63. The van der Waals surface area contributed by atoms with Crippen molar-refractivity contribution in [2.75, 3.05) is 30.4 Å². The van der Waals surface area contributed by atoms with Gasteiger partial charge in [0.15, 0.2) is 0 Å². The summed E-state index contributed by atoms with van der Waals surface area (Å²) in [6.45, 7) is 3.34. The normalized spacial score (nSPS) is 11.9. The van der Waals surface area contributed by atoms with Gasteiger partial charge in [0.25, 0.3) is 5.91 Å². The minimum atomic E-state index is -0.805. The monoisotopic (exact) mass is 269 g/mol. The molecule has 1 amide bonds. The molecule has 1 rings (SSSR count). The van der Waals surface area contributed by atoms with E-state index < -0.39 is 10.8 Å². The van der Waals surface area contributed by atoms with Crippen LogP contribution in [0.3, 0.4) is 0 Å². The van der Waals surface area contributed by atoms with E-state index in [1.165, 1.54) is 0 Å². The number of carbonyl (C=O) groups is 1. The quantitative estimate of drug-likeness (QED) is 0.725. The lowest BCUT2D eigenvalue weighted by Gasteiger charge is -2.05. The van der Waals surface area contributed by atoms with Crippen molar-refractivity contribution >= 4 is 22.4 Å². The first-order valence-corrected chi connectivity index (χ1v) is 7.64. The van der Waals surface area contributed by atoms with Gasteiger partial charge in [-0.15, -0.1) is 0 Å². The number of nitrogens with one attached hydrogen (secondary N) is 2. The highest BCUT2D eigenvalue weighted by Crippen LogP contribution is 2.05. The molecule has 1 atom stereocenters. The molecule has 0 aliphatic rings. The molecule has 0 radical (unpaired) electrons. The topological polar surface area (TPSA) is 71.1 Å². The Kier molecular flexibility index (Phi) is 6.35. The van der Waals surface area contributed by atoms with E-state index in [9.17, 15) is 9.00 Å². The molecule has 1 heterocycles. The zero-order chi connectivity index (χ0) is 13.4. The van der Waals surface area contributed by atoms with Crippen LogP contribution in [0.15, 0.2) is 18.3 Å². The summed E-state index contributed by atoms with van der Waals surface area (Å²) in [5.74, 6) is 0.410. The van der Waals surface area contributed by atoms with Gasteiger partial charge in [0.2, 0.25) is 0 Å². The lowest BCUT2D eigenvalue weighted by molar-refractivity contribution is 0.0949. The zero-order valence-corrected chi connectivity index (χ0v) is 11.5. The molecule has 18 heavy (non-hydrogen) atoms. The second-order valence-electron chi connectivity index (χ2n) is 3.85. The Morgan fingerprint density at radius 3 is 2.78 bits per heavy atom. The summed E-state index contributed by atoms with van der Waals surface area (Å²) in [5.41, 5.74) is 1.30. The second-order valence-corrected chi connectivity index (χ2v) is 5.40. The van der Waals surface area contributed by atoms with Crippen molar-refractivity contribution in [3.8, 4) is 0 Å². The van der Waals surface area contributed by atoms with Gasteiger partial charge in [-0.3, -0.25) is 9.00 Å². The fourth-order valence-corrected chi connectivity index (χ4v) is 1.96. The summed E-state index contributed by atoms with van der Waals surface area (Å²) in [4.78, 5) is 15.8. The first-order valence-electron chi connectivity index (χ1n) is 5.91. The van der Waals surface area contributed by atoms with Crippen LogP contribution in [0.2, 0.25) is 0 Å². The van der Waals surface area contributed by atoms with Gasteiger partial charge >= 0.3 is 0 Å². The third-order valence-corrected chi connectivity index (χ3v) is 3.13. The fourth-order valence-electron chi connectivity index (χ4n) is 1.40. The fraction of sp³-hybridized carbons (Fsp3) is 0.500. The Morgan fingerprint density at radius 2 is 2.22 bits per heavy atom. The number of pyridine rings is 1. The number of carbonyl (C=O) groups excluding carboxylic acids is 1. The van der Waals surface area contributed by atoms with Crippen LogP contribution >= 0.6 is 0 Å². The summed E-state index contributed by atoms with van der Waals surface area (Å²) in [5, 5.41) is 5.86. The number of aromatic nitrogens is 1. The van der Waals surface area contributed by atoms with Crippen molar-refractivity contribution in [2.45, 2.75) is 13.3 Å². The van der Waals surface area contributed by atoms with Crippen molar-refractivity contribution in [1.29, 1.82) is 0 Å². The molecule has 6 heteroatoms. The Balaban J connectivity index is 2.39. The second kappa shape index (κ2) is 7.81. The van der Waals surface area contributed by atoms with E-state index in [1.54, 1.807) is 18.5 Å². The van der Waals surface area contributed by atoms with E-state index in [4.69, 9.17) is 0 Å². The van der Waals surface area contributed by atoms with Gasteiger partial charge in [-0.05, 0) is 25.5 Å². The van der Waals surface area contributed by atoms with Crippen LogP contribution in [0.1, 0.15) is 23.8 Å². The molecule has 1 aromatic rings.